The minimum absolute atomic E-state index is 0. The summed E-state index contributed by atoms with van der Waals surface area (Å²) in [5.74, 6) is -0.0964. The second-order valence-corrected chi connectivity index (χ2v) is 7.76. The Hall–Kier alpha value is -1.60. The number of nitrogen functional groups attached to an aromatic ring is 1. The molecule has 0 saturated carbocycles. The summed E-state index contributed by atoms with van der Waals surface area (Å²) in [5, 5.41) is 2.68. The number of para-hydroxylation sites is 1. The van der Waals surface area contributed by atoms with Crippen molar-refractivity contribution >= 4 is 21.6 Å². The van der Waals surface area contributed by atoms with Crippen LogP contribution in [0, 0.1) is 5.41 Å². The summed E-state index contributed by atoms with van der Waals surface area (Å²) in [6.45, 7) is 10.3. The second-order valence-electron chi connectivity index (χ2n) is 6.02. The lowest BCUT2D eigenvalue weighted by atomic mass is 9.92. The molecule has 136 valence electrons. The highest BCUT2D eigenvalue weighted by atomic mass is 32.2. The molecule has 0 aromatic heterocycles. The summed E-state index contributed by atoms with van der Waals surface area (Å²) in [6, 6.07) is 6.24. The van der Waals surface area contributed by atoms with Gasteiger partial charge in [0.05, 0.1) is 5.69 Å². The summed E-state index contributed by atoms with van der Waals surface area (Å²) >= 11 is 0. The summed E-state index contributed by atoms with van der Waals surface area (Å²) < 4.78 is 26.5. The molecule has 0 unspecified atom stereocenters. The van der Waals surface area contributed by atoms with E-state index >= 15 is 0 Å². The zero-order valence-corrected chi connectivity index (χ0v) is 15.5. The third-order valence-corrected chi connectivity index (χ3v) is 4.17. The van der Waals surface area contributed by atoms with Gasteiger partial charge in [0, 0.05) is 22.4 Å². The highest BCUT2D eigenvalue weighted by Crippen LogP contribution is 2.18. The van der Waals surface area contributed by atoms with Crippen molar-refractivity contribution in [2.75, 3.05) is 18.8 Å². The quantitative estimate of drug-likeness (QED) is 0.544. The molecule has 0 heterocycles. The minimum atomic E-state index is -3.65. The van der Waals surface area contributed by atoms with Crippen LogP contribution in [-0.4, -0.2) is 27.4 Å². The molecule has 6 nitrogen and oxygen atoms in total. The van der Waals surface area contributed by atoms with Gasteiger partial charge in [-0.2, -0.15) is 0 Å². The first kappa shape index (κ1) is 21.4. The summed E-state index contributed by atoms with van der Waals surface area (Å²) in [6.07, 6.45) is 0.394. The Bertz CT molecular complexity index is 603. The van der Waals surface area contributed by atoms with Gasteiger partial charge < -0.3 is 11.1 Å². The molecule has 7 heteroatoms. The van der Waals surface area contributed by atoms with Crippen molar-refractivity contribution in [3.05, 3.63) is 24.3 Å². The molecule has 0 bridgehead atoms. The first-order valence-electron chi connectivity index (χ1n) is 7.73. The molecule has 0 aliphatic rings. The SMILES string of the molecule is CC.CC(C)(C)CC(=O)NCCNS(=O)(=O)c1ccccc1N.[HH].[HH]. The lowest BCUT2D eigenvalue weighted by Crippen LogP contribution is -2.36. The molecule has 4 N–H and O–H groups in total. The molecular formula is C16H33N3O3S. The first-order chi connectivity index (χ1) is 10.6. The molecule has 0 aliphatic carbocycles. The predicted octanol–water partition coefficient (Wildman–Crippen LogP) is 2.62. The number of anilines is 1. The molecule has 0 fully saturated rings. The maximum Gasteiger partial charge on any atom is 0.242 e. The molecule has 0 saturated heterocycles. The number of carbonyl (C=O) groups excluding carboxylic acids is 1. The summed E-state index contributed by atoms with van der Waals surface area (Å²) in [5.41, 5.74) is 5.74. The van der Waals surface area contributed by atoms with Gasteiger partial charge in [0.1, 0.15) is 4.90 Å². The summed E-state index contributed by atoms with van der Waals surface area (Å²) in [4.78, 5) is 11.6. The lowest BCUT2D eigenvalue weighted by Gasteiger charge is -2.17. The van der Waals surface area contributed by atoms with Gasteiger partial charge in [-0.05, 0) is 17.5 Å². The van der Waals surface area contributed by atoms with E-state index in [9.17, 15) is 13.2 Å². The van der Waals surface area contributed by atoms with E-state index in [4.69, 9.17) is 5.73 Å². The van der Waals surface area contributed by atoms with Gasteiger partial charge in [-0.25, -0.2) is 13.1 Å². The highest BCUT2D eigenvalue weighted by molar-refractivity contribution is 7.89. The normalized spacial score (nSPS) is 11.3. The molecule has 1 amide bonds. The lowest BCUT2D eigenvalue weighted by molar-refractivity contribution is -0.122. The van der Waals surface area contributed by atoms with Crippen LogP contribution in [0.25, 0.3) is 0 Å². The Labute approximate surface area is 142 Å². The monoisotopic (exact) mass is 347 g/mol. The van der Waals surface area contributed by atoms with Crippen LogP contribution in [-0.2, 0) is 14.8 Å². The van der Waals surface area contributed by atoms with E-state index < -0.39 is 10.0 Å². The number of nitrogens with one attached hydrogen (secondary N) is 2. The van der Waals surface area contributed by atoms with Crippen molar-refractivity contribution in [2.24, 2.45) is 5.41 Å². The maximum atomic E-state index is 12.0. The number of benzene rings is 1. The Morgan fingerprint density at radius 3 is 2.26 bits per heavy atom. The van der Waals surface area contributed by atoms with Crippen molar-refractivity contribution in [1.29, 1.82) is 0 Å². The molecule has 0 spiro atoms. The van der Waals surface area contributed by atoms with Crippen LogP contribution >= 0.6 is 0 Å². The van der Waals surface area contributed by atoms with Gasteiger partial charge in [-0.3, -0.25) is 4.79 Å². The van der Waals surface area contributed by atoms with Crippen LogP contribution in [0.2, 0.25) is 0 Å². The highest BCUT2D eigenvalue weighted by Gasteiger charge is 2.17. The van der Waals surface area contributed by atoms with Crippen LogP contribution in [0.5, 0.6) is 0 Å². The van der Waals surface area contributed by atoms with E-state index in [1.807, 2.05) is 34.6 Å². The fourth-order valence-corrected chi connectivity index (χ4v) is 2.90. The number of rotatable bonds is 6. The Balaban J connectivity index is -0.00000116. The topological polar surface area (TPSA) is 101 Å². The Kier molecular flexibility index (Phi) is 8.86. The van der Waals surface area contributed by atoms with Crippen molar-refractivity contribution in [3.63, 3.8) is 0 Å². The number of nitrogens with two attached hydrogens (primary N) is 1. The molecule has 1 aromatic carbocycles. The van der Waals surface area contributed by atoms with Crippen molar-refractivity contribution in [3.8, 4) is 0 Å². The zero-order chi connectivity index (χ0) is 18.1. The molecule has 0 aliphatic heterocycles. The smallest absolute Gasteiger partial charge is 0.242 e. The van der Waals surface area contributed by atoms with Crippen LogP contribution in [0.3, 0.4) is 0 Å². The fourth-order valence-electron chi connectivity index (χ4n) is 1.73. The minimum Gasteiger partial charge on any atom is -0.398 e. The van der Waals surface area contributed by atoms with Crippen molar-refractivity contribution < 1.29 is 16.1 Å². The summed E-state index contributed by atoms with van der Waals surface area (Å²) in [7, 11) is -3.65. The Morgan fingerprint density at radius 1 is 1.17 bits per heavy atom. The Morgan fingerprint density at radius 2 is 1.74 bits per heavy atom. The van der Waals surface area contributed by atoms with E-state index in [1.165, 1.54) is 12.1 Å². The largest absolute Gasteiger partial charge is 0.398 e. The van der Waals surface area contributed by atoms with Crippen LogP contribution < -0.4 is 15.8 Å². The van der Waals surface area contributed by atoms with E-state index in [0.29, 0.717) is 6.42 Å². The van der Waals surface area contributed by atoms with Crippen LogP contribution in [0.1, 0.15) is 43.9 Å². The van der Waals surface area contributed by atoms with E-state index in [1.54, 1.807) is 12.1 Å². The predicted molar refractivity (Wildman–Crippen MR) is 98.7 cm³/mol. The molecule has 23 heavy (non-hydrogen) atoms. The van der Waals surface area contributed by atoms with Gasteiger partial charge in [-0.1, -0.05) is 46.8 Å². The van der Waals surface area contributed by atoms with E-state index in [0.717, 1.165) is 0 Å². The molecule has 1 rings (SSSR count). The van der Waals surface area contributed by atoms with E-state index in [-0.39, 0.29) is 37.8 Å². The number of sulfonamides is 1. The van der Waals surface area contributed by atoms with Gasteiger partial charge in [0.2, 0.25) is 15.9 Å². The number of carbonyl (C=O) groups is 1. The average molecular weight is 348 g/mol. The zero-order valence-electron chi connectivity index (χ0n) is 14.6. The van der Waals surface area contributed by atoms with Gasteiger partial charge in [0.25, 0.3) is 0 Å². The molecule has 0 radical (unpaired) electrons. The number of hydrogen-bond donors (Lipinski definition) is 3. The van der Waals surface area contributed by atoms with Gasteiger partial charge in [0.15, 0.2) is 0 Å². The van der Waals surface area contributed by atoms with Crippen LogP contribution in [0.4, 0.5) is 5.69 Å². The third-order valence-electron chi connectivity index (χ3n) is 2.64. The maximum absolute atomic E-state index is 12.0. The molecule has 0 atom stereocenters. The van der Waals surface area contributed by atoms with Gasteiger partial charge in [-0.15, -0.1) is 0 Å². The fraction of sp³-hybridized carbons (Fsp3) is 0.562. The third kappa shape index (κ3) is 8.56. The molecule has 1 aromatic rings. The van der Waals surface area contributed by atoms with Crippen molar-refractivity contribution in [1.82, 2.24) is 10.0 Å². The average Bonchev–Trinajstić information content (AvgIpc) is 2.44. The number of hydrogen-bond acceptors (Lipinski definition) is 4. The standard InChI is InChI=1S/C14H23N3O3S.C2H6.2H2/c1-14(2,3)10-13(18)16-8-9-17-21(19,20)12-7-5-4-6-11(12)15;1-2;;/h4-7,17H,8-10,15H2,1-3H3,(H,16,18);1-2H3;2*1H. The van der Waals surface area contributed by atoms with Gasteiger partial charge >= 0.3 is 0 Å². The van der Waals surface area contributed by atoms with E-state index in [2.05, 4.69) is 10.0 Å². The van der Waals surface area contributed by atoms with Crippen LogP contribution in [0.15, 0.2) is 29.2 Å². The second kappa shape index (κ2) is 9.52. The number of amides is 1. The first-order valence-corrected chi connectivity index (χ1v) is 9.21. The molecular weight excluding hydrogens is 314 g/mol. The van der Waals surface area contributed by atoms with Crippen molar-refractivity contribution in [2.45, 2.75) is 45.9 Å².